The van der Waals surface area contributed by atoms with Crippen molar-refractivity contribution < 1.29 is 4.21 Å². The summed E-state index contributed by atoms with van der Waals surface area (Å²) in [4.78, 5) is 4.11. The number of hydrogen-bond donors (Lipinski definition) is 0. The summed E-state index contributed by atoms with van der Waals surface area (Å²) in [6.07, 6.45) is 1.02. The summed E-state index contributed by atoms with van der Waals surface area (Å²) in [5.74, 6) is 2.02. The molecule has 70 valence electrons. The van der Waals surface area contributed by atoms with Crippen LogP contribution in [0, 0.1) is 0 Å². The molecule has 2 heterocycles. The Hall–Kier alpha value is -0.420. The molecule has 0 amide bonds. The van der Waals surface area contributed by atoms with Crippen molar-refractivity contribution in [1.82, 2.24) is 4.98 Å². The molecule has 0 unspecified atom stereocenters. The van der Waals surface area contributed by atoms with Gasteiger partial charge in [0.2, 0.25) is 0 Å². The largest absolute Gasteiger partial charge is 0.249 e. The number of halogens is 1. The van der Waals surface area contributed by atoms with E-state index in [0.717, 1.165) is 22.5 Å². The van der Waals surface area contributed by atoms with E-state index in [1.54, 1.807) is 6.07 Å². The Balaban J connectivity index is 2.37. The molecule has 1 aromatic heterocycles. The van der Waals surface area contributed by atoms with Gasteiger partial charge in [0, 0.05) is 11.5 Å². The number of aromatic nitrogens is 1. The van der Waals surface area contributed by atoms with Crippen LogP contribution in [0.3, 0.4) is 0 Å². The van der Waals surface area contributed by atoms with Crippen molar-refractivity contribution in [2.45, 2.75) is 6.42 Å². The Morgan fingerprint density at radius 3 is 2.77 bits per heavy atom. The number of rotatable bonds is 1. The average molecular weight is 261 g/mol. The lowest BCUT2D eigenvalue weighted by Gasteiger charge is -2.17. The van der Waals surface area contributed by atoms with E-state index in [0.29, 0.717) is 5.82 Å². The molecule has 1 fully saturated rings. The van der Waals surface area contributed by atoms with Crippen LogP contribution in [0.1, 0.15) is 6.42 Å². The predicted molar refractivity (Wildman–Crippen MR) is 56.5 cm³/mol. The van der Waals surface area contributed by atoms with Crippen molar-refractivity contribution >= 4 is 31.5 Å². The maximum atomic E-state index is 11.7. The lowest BCUT2D eigenvalue weighted by atomic mass is 10.5. The molecular formula is C8H9BrN2OS. The van der Waals surface area contributed by atoms with Gasteiger partial charge in [0.15, 0.2) is 5.82 Å². The Bertz CT molecular complexity index is 428. The molecule has 0 aliphatic carbocycles. The summed E-state index contributed by atoms with van der Waals surface area (Å²) in [7, 11) is -1.92. The molecule has 1 aliphatic rings. The van der Waals surface area contributed by atoms with E-state index >= 15 is 0 Å². The van der Waals surface area contributed by atoms with Gasteiger partial charge in [-0.2, -0.15) is 4.36 Å². The molecule has 0 N–H and O–H groups in total. The lowest BCUT2D eigenvalue weighted by molar-refractivity contribution is 0.663. The summed E-state index contributed by atoms with van der Waals surface area (Å²) in [6, 6.07) is 5.44. The molecule has 0 aromatic carbocycles. The first-order chi connectivity index (χ1) is 6.18. The highest BCUT2D eigenvalue weighted by atomic mass is 79.9. The van der Waals surface area contributed by atoms with Crippen LogP contribution in [-0.4, -0.2) is 20.7 Å². The highest BCUT2D eigenvalue weighted by Gasteiger charge is 2.19. The van der Waals surface area contributed by atoms with Gasteiger partial charge >= 0.3 is 0 Å². The van der Waals surface area contributed by atoms with E-state index in [-0.39, 0.29) is 0 Å². The fraction of sp³-hybridized carbons (Fsp3) is 0.375. The van der Waals surface area contributed by atoms with Gasteiger partial charge in [-0.25, -0.2) is 9.19 Å². The Kier molecular flexibility index (Phi) is 2.38. The smallest absolute Gasteiger partial charge is 0.162 e. The SMILES string of the molecule is O=S1(=Nc2cccc(Br)n2)CCC1. The molecule has 13 heavy (non-hydrogen) atoms. The van der Waals surface area contributed by atoms with Crippen molar-refractivity contribution in [3.05, 3.63) is 22.8 Å². The molecular weight excluding hydrogens is 252 g/mol. The molecule has 1 aliphatic heterocycles. The molecule has 0 radical (unpaired) electrons. The second-order valence-corrected chi connectivity index (χ2v) is 6.30. The lowest BCUT2D eigenvalue weighted by Crippen LogP contribution is -2.23. The molecule has 0 spiro atoms. The Morgan fingerprint density at radius 1 is 1.46 bits per heavy atom. The van der Waals surface area contributed by atoms with Gasteiger partial charge in [-0.05, 0) is 34.5 Å². The van der Waals surface area contributed by atoms with E-state index < -0.39 is 9.73 Å². The summed E-state index contributed by atoms with van der Waals surface area (Å²) in [5.41, 5.74) is 0. The zero-order valence-electron chi connectivity index (χ0n) is 6.94. The number of hydrogen-bond acceptors (Lipinski definition) is 3. The summed E-state index contributed by atoms with van der Waals surface area (Å²) in [6.45, 7) is 0. The van der Waals surface area contributed by atoms with E-state index in [4.69, 9.17) is 0 Å². The third-order valence-electron chi connectivity index (χ3n) is 1.89. The highest BCUT2D eigenvalue weighted by molar-refractivity contribution is 9.10. The van der Waals surface area contributed by atoms with Gasteiger partial charge < -0.3 is 0 Å². The zero-order chi connectivity index (χ0) is 9.31. The van der Waals surface area contributed by atoms with Crippen LogP contribution in [0.25, 0.3) is 0 Å². The van der Waals surface area contributed by atoms with Crippen LogP contribution in [0.5, 0.6) is 0 Å². The topological polar surface area (TPSA) is 42.3 Å². The first-order valence-electron chi connectivity index (χ1n) is 4.03. The van der Waals surface area contributed by atoms with Gasteiger partial charge in [0.25, 0.3) is 0 Å². The minimum absolute atomic E-state index is 0.569. The van der Waals surface area contributed by atoms with Crippen molar-refractivity contribution in [2.75, 3.05) is 11.5 Å². The number of nitrogens with zero attached hydrogens (tertiary/aromatic N) is 2. The third kappa shape index (κ3) is 2.08. The monoisotopic (exact) mass is 260 g/mol. The van der Waals surface area contributed by atoms with Crippen LogP contribution >= 0.6 is 15.9 Å². The maximum Gasteiger partial charge on any atom is 0.162 e. The first-order valence-corrected chi connectivity index (χ1v) is 6.68. The van der Waals surface area contributed by atoms with Crippen LogP contribution < -0.4 is 0 Å². The van der Waals surface area contributed by atoms with E-state index in [1.165, 1.54) is 0 Å². The van der Waals surface area contributed by atoms with Gasteiger partial charge in [0.1, 0.15) is 4.60 Å². The molecule has 0 atom stereocenters. The molecule has 1 saturated heterocycles. The maximum absolute atomic E-state index is 11.7. The van der Waals surface area contributed by atoms with E-state index in [1.807, 2.05) is 12.1 Å². The molecule has 0 saturated carbocycles. The van der Waals surface area contributed by atoms with Crippen molar-refractivity contribution in [2.24, 2.45) is 4.36 Å². The van der Waals surface area contributed by atoms with Gasteiger partial charge in [-0.3, -0.25) is 0 Å². The molecule has 5 heteroatoms. The average Bonchev–Trinajstić information content (AvgIpc) is 2.01. The second kappa shape index (κ2) is 3.38. The standard InChI is InChI=1S/C8H9BrN2OS/c9-7-3-1-4-8(10-7)11-13(12)5-2-6-13/h1,3-4H,2,5-6H2. The fourth-order valence-electron chi connectivity index (χ4n) is 1.10. The molecule has 0 bridgehead atoms. The van der Waals surface area contributed by atoms with Crippen molar-refractivity contribution in [3.8, 4) is 0 Å². The third-order valence-corrected chi connectivity index (χ3v) is 4.70. The number of pyridine rings is 1. The minimum Gasteiger partial charge on any atom is -0.249 e. The normalized spacial score (nSPS) is 19.2. The van der Waals surface area contributed by atoms with Crippen molar-refractivity contribution in [1.29, 1.82) is 0 Å². The van der Waals surface area contributed by atoms with Crippen LogP contribution in [0.15, 0.2) is 27.2 Å². The van der Waals surface area contributed by atoms with Crippen molar-refractivity contribution in [3.63, 3.8) is 0 Å². The van der Waals surface area contributed by atoms with Crippen LogP contribution in [0.2, 0.25) is 0 Å². The van der Waals surface area contributed by atoms with Crippen LogP contribution in [0.4, 0.5) is 5.82 Å². The van der Waals surface area contributed by atoms with Crippen LogP contribution in [-0.2, 0) is 9.73 Å². The highest BCUT2D eigenvalue weighted by Crippen LogP contribution is 2.20. The fourth-order valence-corrected chi connectivity index (χ4v) is 2.84. The molecule has 3 nitrogen and oxygen atoms in total. The Labute approximate surface area is 85.9 Å². The second-order valence-electron chi connectivity index (χ2n) is 2.94. The quantitative estimate of drug-likeness (QED) is 0.728. The Morgan fingerprint density at radius 2 is 2.23 bits per heavy atom. The van der Waals surface area contributed by atoms with Gasteiger partial charge in [-0.15, -0.1) is 0 Å². The van der Waals surface area contributed by atoms with Gasteiger partial charge in [0.05, 0.1) is 9.73 Å². The molecule has 1 aromatic rings. The molecule has 2 rings (SSSR count). The van der Waals surface area contributed by atoms with E-state index in [9.17, 15) is 4.21 Å². The van der Waals surface area contributed by atoms with Gasteiger partial charge in [-0.1, -0.05) is 6.07 Å². The summed E-state index contributed by atoms with van der Waals surface area (Å²) >= 11 is 3.25. The predicted octanol–water partition coefficient (Wildman–Crippen LogP) is 2.35. The summed E-state index contributed by atoms with van der Waals surface area (Å²) in [5, 5.41) is 0. The minimum atomic E-state index is -1.92. The summed E-state index contributed by atoms with van der Waals surface area (Å²) < 4.78 is 16.6. The first kappa shape index (κ1) is 9.15. The zero-order valence-corrected chi connectivity index (χ0v) is 9.34. The van der Waals surface area contributed by atoms with E-state index in [2.05, 4.69) is 25.3 Å².